The molecule has 0 atom stereocenters. The first-order valence-corrected chi connectivity index (χ1v) is 37.1. The van der Waals surface area contributed by atoms with Crippen LogP contribution in [0.1, 0.15) is 115 Å². The zero-order valence-electron chi connectivity index (χ0n) is 64.9. The number of fused-ring (bicyclic) bond motifs is 12. The first-order valence-electron chi connectivity index (χ1n) is 37.1. The van der Waals surface area contributed by atoms with Crippen LogP contribution in [0.2, 0.25) is 0 Å². The maximum Gasteiger partial charge on any atom is 0.216 e. The van der Waals surface area contributed by atoms with E-state index in [1.165, 1.54) is 31.6 Å². The van der Waals surface area contributed by atoms with Crippen molar-refractivity contribution in [2.45, 2.75) is 115 Å². The van der Waals surface area contributed by atoms with Crippen LogP contribution in [0.4, 0.5) is 0 Å². The van der Waals surface area contributed by atoms with E-state index in [0.29, 0.717) is 23.1 Å². The molecule has 0 spiro atoms. The SMILES string of the molecule is CC(=O)C=C(C)O.CCC(CC)C(=O)C=C(O)C(CC)CC.Cc1ccc2c(n1)oc1c(-c3ccc4ccccc4n3)[c-]ccc12.Cc1ccc2c(n1)oc1c(-c3ccc4ccccc4n3)[c-]ccc12.Cc1ccc2c(n1)oc1c(-c3ncnc4cc(C(C)C)ccc34)[c-]ccc12.Cc1cccc(-c2[c-]cccc2)n1.[Ir].[Ir].[Ir]. The van der Waals surface area contributed by atoms with Crippen molar-refractivity contribution < 1.29 is 93.4 Å². The van der Waals surface area contributed by atoms with Gasteiger partial charge in [-0.3, -0.25) is 24.5 Å². The van der Waals surface area contributed by atoms with E-state index < -0.39 is 0 Å². The Kier molecular flexibility index (Phi) is 30.5. The molecule has 0 aliphatic heterocycles. The van der Waals surface area contributed by atoms with E-state index in [0.717, 1.165) is 175 Å². The number of aliphatic hydroxyl groups excluding tert-OH is 2. The molecule has 579 valence electrons. The number of ketones is 2. The molecule has 10 aromatic heterocycles. The van der Waals surface area contributed by atoms with E-state index in [-0.39, 0.29) is 95.2 Å². The summed E-state index contributed by atoms with van der Waals surface area (Å²) in [5.41, 5.74) is 19.4. The fourth-order valence-corrected chi connectivity index (χ4v) is 13.1. The number of carbonyl (C=O) groups is 2. The van der Waals surface area contributed by atoms with Gasteiger partial charge in [-0.05, 0) is 173 Å². The second kappa shape index (κ2) is 40.0. The largest absolute Gasteiger partial charge is 0.512 e. The van der Waals surface area contributed by atoms with Crippen LogP contribution >= 0.6 is 0 Å². The van der Waals surface area contributed by atoms with Crippen LogP contribution in [0.25, 0.3) is 144 Å². The van der Waals surface area contributed by atoms with Crippen LogP contribution in [-0.2, 0) is 69.9 Å². The van der Waals surface area contributed by atoms with Crippen molar-refractivity contribution in [1.82, 2.24) is 39.9 Å². The summed E-state index contributed by atoms with van der Waals surface area (Å²) in [7, 11) is 0. The summed E-state index contributed by atoms with van der Waals surface area (Å²) in [6.07, 6.45) is 7.68. The third-order valence-corrected chi connectivity index (χ3v) is 19.0. The van der Waals surface area contributed by atoms with Gasteiger partial charge in [-0.2, -0.15) is 0 Å². The zero-order chi connectivity index (χ0) is 77.5. The molecular weight excluding hydrogens is 1940 g/mol. The van der Waals surface area contributed by atoms with Gasteiger partial charge < -0.3 is 28.4 Å². The molecule has 0 saturated carbocycles. The second-order valence-electron chi connectivity index (χ2n) is 27.3. The average Bonchev–Trinajstić information content (AvgIpc) is 1.63. The maximum absolute atomic E-state index is 11.7. The van der Waals surface area contributed by atoms with Crippen molar-refractivity contribution in [3.05, 3.63) is 289 Å². The normalized spacial score (nSPS) is 11.2. The molecule has 113 heavy (non-hydrogen) atoms. The quantitative estimate of drug-likeness (QED) is 0.0623. The van der Waals surface area contributed by atoms with Crippen molar-refractivity contribution in [1.29, 1.82) is 0 Å². The number of hydrogen-bond acceptors (Lipinski definition) is 15. The van der Waals surface area contributed by atoms with Crippen molar-refractivity contribution in [2.75, 3.05) is 0 Å². The standard InChI is InChI=1S/C23H18N3O.2C21H13N2O.C13H24O2.C12H10N.C5H8O2.3Ir/c1-13(2)15-8-10-18-20(11-15)24-12-25-21(18)19-6-4-5-16-17-9-7-14(3)26-23(17)27-22(16)19;2*1-13-9-11-16-15-6-4-7-17(20(15)24-21(16)22-13)19-12-10-14-5-2-3-8-18(14)23-19;1-5-10(6-2)12(14)9-13(15)11(7-3)8-4;1-10-6-5-9-12(13-10)11-7-3-2-4-8-11;1-4(6)3-5(2)7;;;/h4-5,7-13H,1-3H3;2*2-6,8-12H,1H3;9-11,14H,5-8H2,1-4H3;2-7,9H,1H3;3,6H,1-2H3;;;/q3*-1;;-1;;;;. The minimum Gasteiger partial charge on any atom is -0.512 e. The average molecular weight is 2030 g/mol. The zero-order valence-corrected chi connectivity index (χ0v) is 72.1. The van der Waals surface area contributed by atoms with Gasteiger partial charge in [-0.1, -0.05) is 159 Å². The molecule has 0 fully saturated rings. The Hall–Kier alpha value is -10.9. The number of aryl methyl sites for hydroxylation is 4. The molecule has 2 N–H and O–H groups in total. The minimum atomic E-state index is -0.125. The summed E-state index contributed by atoms with van der Waals surface area (Å²) in [6, 6.07) is 81.6. The van der Waals surface area contributed by atoms with Crippen molar-refractivity contribution in [3.8, 4) is 45.0 Å². The molecule has 17 aromatic rings. The predicted octanol–water partition coefficient (Wildman–Crippen LogP) is 24.2. The molecular formula is C95H86Ir3N8O7-4. The van der Waals surface area contributed by atoms with E-state index in [2.05, 4.69) is 129 Å². The summed E-state index contributed by atoms with van der Waals surface area (Å²) in [5, 5.41) is 27.5. The summed E-state index contributed by atoms with van der Waals surface area (Å²) in [6.45, 7) is 23.2. The molecule has 0 aliphatic carbocycles. The first kappa shape index (κ1) is 86.1. The Morgan fingerprint density at radius 2 is 0.876 bits per heavy atom. The maximum atomic E-state index is 11.7. The van der Waals surface area contributed by atoms with Crippen LogP contribution in [0.5, 0.6) is 0 Å². The molecule has 0 aliphatic rings. The van der Waals surface area contributed by atoms with Gasteiger partial charge in [-0.25, -0.2) is 19.9 Å². The van der Waals surface area contributed by atoms with Gasteiger partial charge in [0.15, 0.2) is 11.6 Å². The van der Waals surface area contributed by atoms with E-state index in [1.54, 1.807) is 6.33 Å². The number of hydrogen-bond donors (Lipinski definition) is 2. The van der Waals surface area contributed by atoms with E-state index in [1.807, 2.05) is 201 Å². The number of nitrogens with zero attached hydrogens (tertiary/aromatic N) is 8. The topological polar surface area (TPSA) is 217 Å². The molecule has 0 unspecified atom stereocenters. The van der Waals surface area contributed by atoms with Crippen LogP contribution in [0.15, 0.2) is 250 Å². The summed E-state index contributed by atoms with van der Waals surface area (Å²) < 4.78 is 18.2. The number of carbonyl (C=O) groups excluding carboxylic acids is 2. The molecule has 17 rings (SSSR count). The van der Waals surface area contributed by atoms with Crippen LogP contribution in [0.3, 0.4) is 0 Å². The molecule has 7 aromatic carbocycles. The molecule has 0 saturated heterocycles. The van der Waals surface area contributed by atoms with Crippen molar-refractivity contribution >= 4 is 110 Å². The monoisotopic (exact) mass is 2030 g/mol. The third kappa shape index (κ3) is 20.7. The Morgan fingerprint density at radius 3 is 1.32 bits per heavy atom. The van der Waals surface area contributed by atoms with Gasteiger partial charge >= 0.3 is 0 Å². The van der Waals surface area contributed by atoms with E-state index in [9.17, 15) is 14.7 Å². The van der Waals surface area contributed by atoms with Crippen molar-refractivity contribution in [3.63, 3.8) is 0 Å². The number of aromatic nitrogens is 8. The molecule has 10 heterocycles. The third-order valence-electron chi connectivity index (χ3n) is 19.0. The van der Waals surface area contributed by atoms with Gasteiger partial charge in [0.05, 0.1) is 44.8 Å². The van der Waals surface area contributed by atoms with Crippen LogP contribution < -0.4 is 0 Å². The number of rotatable bonds is 13. The van der Waals surface area contributed by atoms with Gasteiger partial charge in [-0.15, -0.1) is 90.5 Å². The minimum absolute atomic E-state index is 0. The molecule has 0 amide bonds. The van der Waals surface area contributed by atoms with Gasteiger partial charge in [0.2, 0.25) is 17.1 Å². The number of allylic oxidation sites excluding steroid dienone is 4. The van der Waals surface area contributed by atoms with Gasteiger partial charge in [0, 0.05) is 129 Å². The fourth-order valence-electron chi connectivity index (χ4n) is 13.1. The Morgan fingerprint density at radius 1 is 0.416 bits per heavy atom. The van der Waals surface area contributed by atoms with E-state index >= 15 is 0 Å². The number of pyridine rings is 6. The molecule has 15 nitrogen and oxygen atoms in total. The van der Waals surface area contributed by atoms with E-state index in [4.69, 9.17) is 28.3 Å². The summed E-state index contributed by atoms with van der Waals surface area (Å²) >= 11 is 0. The van der Waals surface area contributed by atoms with Gasteiger partial charge in [0.25, 0.3) is 0 Å². The Labute approximate surface area is 698 Å². The molecule has 3 radical (unpaired) electrons. The van der Waals surface area contributed by atoms with Crippen LogP contribution in [-0.4, -0.2) is 61.7 Å². The molecule has 18 heteroatoms. The van der Waals surface area contributed by atoms with Gasteiger partial charge in [0.1, 0.15) is 6.33 Å². The smallest absolute Gasteiger partial charge is 0.216 e. The predicted molar refractivity (Wildman–Crippen MR) is 444 cm³/mol. The number of furan rings is 3. The summed E-state index contributed by atoms with van der Waals surface area (Å²) in [4.78, 5) is 58.3. The summed E-state index contributed by atoms with van der Waals surface area (Å²) in [5.74, 6) is 0.936. The number of aliphatic hydroxyl groups is 2. The fraction of sp³-hybridized carbons (Fsp3) is 0.200. The second-order valence-corrected chi connectivity index (χ2v) is 27.3. The number of benzene rings is 7. The Balaban J connectivity index is 0.000000161. The Bertz CT molecular complexity index is 6020. The van der Waals surface area contributed by atoms with Crippen LogP contribution in [0, 0.1) is 63.8 Å². The molecule has 0 bridgehead atoms. The first-order chi connectivity index (χ1) is 53.3. The number of para-hydroxylation sites is 2. The van der Waals surface area contributed by atoms with Crippen molar-refractivity contribution in [2.24, 2.45) is 11.8 Å².